The lowest BCUT2D eigenvalue weighted by molar-refractivity contribution is 0.0365. The molecule has 0 amide bonds. The summed E-state index contributed by atoms with van der Waals surface area (Å²) in [7, 11) is 0. The fourth-order valence-electron chi connectivity index (χ4n) is 3.30. The third-order valence-corrected chi connectivity index (χ3v) is 4.69. The van der Waals surface area contributed by atoms with Gasteiger partial charge in [0.05, 0.1) is 38.7 Å². The number of likely N-dealkylation sites (tertiary alicyclic amines) is 1. The van der Waals surface area contributed by atoms with Crippen LogP contribution in [0.3, 0.4) is 0 Å². The van der Waals surface area contributed by atoms with Crippen molar-refractivity contribution >= 4 is 0 Å². The summed E-state index contributed by atoms with van der Waals surface area (Å²) in [4.78, 5) is 14.5. The zero-order chi connectivity index (χ0) is 17.2. The minimum Gasteiger partial charge on any atom is -0.379 e. The lowest BCUT2D eigenvalue weighted by atomic mass is 9.92. The molecule has 2 fully saturated rings. The van der Waals surface area contributed by atoms with Crippen LogP contribution in [0.4, 0.5) is 0 Å². The molecular weight excluding hydrogens is 306 g/mol. The van der Waals surface area contributed by atoms with Crippen molar-refractivity contribution in [2.75, 3.05) is 46.1 Å². The molecular formula is C18H29N3O3. The van der Waals surface area contributed by atoms with Crippen LogP contribution >= 0.6 is 0 Å². The van der Waals surface area contributed by atoms with Gasteiger partial charge >= 0.3 is 0 Å². The van der Waals surface area contributed by atoms with E-state index in [1.807, 2.05) is 6.07 Å². The zero-order valence-electron chi connectivity index (χ0n) is 15.0. The molecule has 1 aromatic rings. The normalized spacial score (nSPS) is 21.5. The Hall–Kier alpha value is -1.24. The summed E-state index contributed by atoms with van der Waals surface area (Å²) in [5.74, 6) is 0.955. The predicted molar refractivity (Wildman–Crippen MR) is 92.3 cm³/mol. The zero-order valence-corrected chi connectivity index (χ0v) is 15.0. The average molecular weight is 335 g/mol. The molecule has 0 unspecified atom stereocenters. The number of aromatic nitrogens is 2. The van der Waals surface area contributed by atoms with Crippen LogP contribution in [0.5, 0.6) is 0 Å². The third-order valence-electron chi connectivity index (χ3n) is 4.69. The first-order valence-electron chi connectivity index (χ1n) is 8.88. The summed E-state index contributed by atoms with van der Waals surface area (Å²) in [5.41, 5.74) is 0.915. The van der Waals surface area contributed by atoms with Gasteiger partial charge < -0.3 is 14.4 Å². The molecule has 24 heavy (non-hydrogen) atoms. The Bertz CT molecular complexity index is 594. The molecule has 0 atom stereocenters. The number of hydrogen-bond acceptors (Lipinski definition) is 5. The summed E-state index contributed by atoms with van der Waals surface area (Å²) in [6.45, 7) is 13.1. The largest absolute Gasteiger partial charge is 0.379 e. The maximum absolute atomic E-state index is 12.1. The van der Waals surface area contributed by atoms with E-state index in [-0.39, 0.29) is 11.0 Å². The number of nitrogens with zero attached hydrogens (tertiary/aromatic N) is 3. The standard InChI is InChI=1S/C18H29N3O3/c1-18(2,3)16-4-5-17(22)21(19-16)11-14-8-20(9-14)10-15-12-23-6-7-24-13-15/h4-5,14-15H,6-13H2,1-3H3. The van der Waals surface area contributed by atoms with Gasteiger partial charge in [0.15, 0.2) is 0 Å². The molecule has 0 N–H and O–H groups in total. The van der Waals surface area contributed by atoms with E-state index in [1.165, 1.54) is 0 Å². The summed E-state index contributed by atoms with van der Waals surface area (Å²) in [6, 6.07) is 3.49. The van der Waals surface area contributed by atoms with Crippen molar-refractivity contribution in [1.82, 2.24) is 14.7 Å². The van der Waals surface area contributed by atoms with E-state index in [4.69, 9.17) is 9.47 Å². The highest BCUT2D eigenvalue weighted by atomic mass is 16.5. The van der Waals surface area contributed by atoms with Gasteiger partial charge in [-0.25, -0.2) is 4.68 Å². The van der Waals surface area contributed by atoms with Crippen molar-refractivity contribution < 1.29 is 9.47 Å². The quantitative estimate of drug-likeness (QED) is 0.826. The molecule has 1 aromatic heterocycles. The van der Waals surface area contributed by atoms with Crippen LogP contribution in [-0.2, 0) is 21.4 Å². The molecule has 6 heteroatoms. The van der Waals surface area contributed by atoms with E-state index in [0.717, 1.165) is 38.5 Å². The highest BCUT2D eigenvalue weighted by molar-refractivity contribution is 5.10. The average Bonchev–Trinajstić information content (AvgIpc) is 2.74. The van der Waals surface area contributed by atoms with E-state index >= 15 is 0 Å². The van der Waals surface area contributed by atoms with Gasteiger partial charge in [0.2, 0.25) is 0 Å². The minimum absolute atomic E-state index is 0.00739. The second-order valence-corrected chi connectivity index (χ2v) is 8.09. The molecule has 6 nitrogen and oxygen atoms in total. The molecule has 3 heterocycles. The van der Waals surface area contributed by atoms with Crippen LogP contribution in [0.15, 0.2) is 16.9 Å². The van der Waals surface area contributed by atoms with Crippen molar-refractivity contribution in [3.8, 4) is 0 Å². The van der Waals surface area contributed by atoms with Gasteiger partial charge in [-0.15, -0.1) is 0 Å². The topological polar surface area (TPSA) is 56.6 Å². The lowest BCUT2D eigenvalue weighted by Crippen LogP contribution is -2.51. The van der Waals surface area contributed by atoms with E-state index in [9.17, 15) is 4.79 Å². The molecule has 0 aromatic carbocycles. The van der Waals surface area contributed by atoms with E-state index in [1.54, 1.807) is 10.7 Å². The van der Waals surface area contributed by atoms with Crippen molar-refractivity contribution in [2.45, 2.75) is 32.7 Å². The summed E-state index contributed by atoms with van der Waals surface area (Å²) < 4.78 is 12.7. The van der Waals surface area contributed by atoms with Gasteiger partial charge in [0, 0.05) is 43.0 Å². The maximum atomic E-state index is 12.1. The SMILES string of the molecule is CC(C)(C)c1ccc(=O)n(CC2CN(CC3COCCOC3)C2)n1. The van der Waals surface area contributed by atoms with Crippen LogP contribution in [0.25, 0.3) is 0 Å². The first kappa shape index (κ1) is 17.6. The number of rotatable bonds is 4. The number of ether oxygens (including phenoxy) is 2. The molecule has 0 radical (unpaired) electrons. The van der Waals surface area contributed by atoms with Gasteiger partial charge in [-0.1, -0.05) is 20.8 Å². The molecule has 2 aliphatic rings. The molecule has 0 spiro atoms. The maximum Gasteiger partial charge on any atom is 0.266 e. The van der Waals surface area contributed by atoms with Crippen LogP contribution in [0, 0.1) is 11.8 Å². The molecule has 2 aliphatic heterocycles. The van der Waals surface area contributed by atoms with Crippen LogP contribution < -0.4 is 5.56 Å². The van der Waals surface area contributed by atoms with Gasteiger partial charge in [-0.05, 0) is 6.07 Å². The first-order valence-corrected chi connectivity index (χ1v) is 8.88. The van der Waals surface area contributed by atoms with Crippen LogP contribution in [0.2, 0.25) is 0 Å². The summed E-state index contributed by atoms with van der Waals surface area (Å²) in [5, 5.41) is 4.56. The second-order valence-electron chi connectivity index (χ2n) is 8.09. The lowest BCUT2D eigenvalue weighted by Gasteiger charge is -2.41. The Morgan fingerprint density at radius 2 is 1.75 bits per heavy atom. The predicted octanol–water partition coefficient (Wildman–Crippen LogP) is 1.14. The molecule has 2 saturated heterocycles. The molecule has 134 valence electrons. The van der Waals surface area contributed by atoms with Gasteiger partial charge in [0.1, 0.15) is 0 Å². The van der Waals surface area contributed by atoms with Gasteiger partial charge in [-0.2, -0.15) is 5.10 Å². The Labute approximate surface area is 143 Å². The van der Waals surface area contributed by atoms with E-state index < -0.39 is 0 Å². The Balaban J connectivity index is 1.51. The van der Waals surface area contributed by atoms with E-state index in [0.29, 0.717) is 31.6 Å². The molecule has 0 bridgehead atoms. The minimum atomic E-state index is -0.0411. The number of hydrogen-bond donors (Lipinski definition) is 0. The van der Waals surface area contributed by atoms with Crippen molar-refractivity contribution in [3.05, 3.63) is 28.2 Å². The fraction of sp³-hybridized carbons (Fsp3) is 0.778. The molecule has 3 rings (SSSR count). The van der Waals surface area contributed by atoms with Crippen molar-refractivity contribution in [2.24, 2.45) is 11.8 Å². The highest BCUT2D eigenvalue weighted by Gasteiger charge is 2.30. The summed E-state index contributed by atoms with van der Waals surface area (Å²) >= 11 is 0. The van der Waals surface area contributed by atoms with Crippen LogP contribution in [0.1, 0.15) is 26.5 Å². The second kappa shape index (κ2) is 7.33. The monoisotopic (exact) mass is 335 g/mol. The third kappa shape index (κ3) is 4.43. The van der Waals surface area contributed by atoms with Crippen molar-refractivity contribution in [3.63, 3.8) is 0 Å². The molecule has 0 aliphatic carbocycles. The van der Waals surface area contributed by atoms with Gasteiger partial charge in [0.25, 0.3) is 5.56 Å². The fourth-order valence-corrected chi connectivity index (χ4v) is 3.30. The molecule has 0 saturated carbocycles. The van der Waals surface area contributed by atoms with Crippen LogP contribution in [-0.4, -0.2) is 60.7 Å². The first-order chi connectivity index (χ1) is 11.4. The Morgan fingerprint density at radius 1 is 1.08 bits per heavy atom. The smallest absolute Gasteiger partial charge is 0.266 e. The summed E-state index contributed by atoms with van der Waals surface area (Å²) in [6.07, 6.45) is 0. The Kier molecular flexibility index (Phi) is 5.37. The van der Waals surface area contributed by atoms with Crippen molar-refractivity contribution in [1.29, 1.82) is 0 Å². The Morgan fingerprint density at radius 3 is 2.38 bits per heavy atom. The highest BCUT2D eigenvalue weighted by Crippen LogP contribution is 2.21. The van der Waals surface area contributed by atoms with E-state index in [2.05, 4.69) is 30.8 Å². The van der Waals surface area contributed by atoms with Gasteiger partial charge in [-0.3, -0.25) is 4.79 Å².